The van der Waals surface area contributed by atoms with E-state index in [2.05, 4.69) is 15.6 Å². The zero-order valence-electron chi connectivity index (χ0n) is 16.3. The Kier molecular flexibility index (Phi) is 4.28. The molecule has 0 aliphatic carbocycles. The van der Waals surface area contributed by atoms with Gasteiger partial charge < -0.3 is 10.2 Å². The minimum atomic E-state index is -1.44. The van der Waals surface area contributed by atoms with Gasteiger partial charge in [0, 0.05) is 24.5 Å². The molecule has 0 bridgehead atoms. The molecule has 2 aromatic carbocycles. The smallest absolute Gasteiger partial charge is 0.322 e. The molecule has 1 unspecified atom stereocenters. The van der Waals surface area contributed by atoms with Gasteiger partial charge in [0.25, 0.3) is 11.8 Å². The lowest BCUT2D eigenvalue weighted by Crippen LogP contribution is -2.52. The van der Waals surface area contributed by atoms with Crippen molar-refractivity contribution in [2.45, 2.75) is 12.1 Å². The second-order valence-corrected chi connectivity index (χ2v) is 7.59. The monoisotopic (exact) mass is 416 g/mol. The molecule has 8 heteroatoms. The molecule has 3 heterocycles. The van der Waals surface area contributed by atoms with Crippen LogP contribution in [0.4, 0.5) is 9.18 Å². The average Bonchev–Trinajstić information content (AvgIpc) is 3.24. The Labute approximate surface area is 176 Å². The van der Waals surface area contributed by atoms with Gasteiger partial charge in [-0.1, -0.05) is 30.3 Å². The first kappa shape index (κ1) is 18.9. The molecule has 7 nitrogen and oxygen atoms in total. The van der Waals surface area contributed by atoms with Gasteiger partial charge in [0.2, 0.25) is 0 Å². The molecule has 2 N–H and O–H groups in total. The van der Waals surface area contributed by atoms with E-state index in [1.807, 2.05) is 24.3 Å². The number of benzene rings is 2. The molecule has 0 spiro atoms. The van der Waals surface area contributed by atoms with Crippen molar-refractivity contribution in [1.82, 2.24) is 20.5 Å². The van der Waals surface area contributed by atoms with Gasteiger partial charge in [0.15, 0.2) is 5.54 Å². The van der Waals surface area contributed by atoms with Gasteiger partial charge in [0.1, 0.15) is 5.82 Å². The highest BCUT2D eigenvalue weighted by atomic mass is 19.1. The van der Waals surface area contributed by atoms with Crippen LogP contribution < -0.4 is 10.6 Å². The quantitative estimate of drug-likeness (QED) is 0.640. The van der Waals surface area contributed by atoms with E-state index in [0.29, 0.717) is 11.1 Å². The summed E-state index contributed by atoms with van der Waals surface area (Å²) in [6.45, 7) is 0.156. The van der Waals surface area contributed by atoms with Crippen LogP contribution in [0.5, 0.6) is 0 Å². The third-order valence-electron chi connectivity index (χ3n) is 5.71. The number of nitrogens with zero attached hydrogens (tertiary/aromatic N) is 2. The maximum Gasteiger partial charge on any atom is 0.322 e. The van der Waals surface area contributed by atoms with Crippen LogP contribution in [0.2, 0.25) is 0 Å². The lowest BCUT2D eigenvalue weighted by Gasteiger charge is -2.31. The summed E-state index contributed by atoms with van der Waals surface area (Å²) in [4.78, 5) is 43.2. The summed E-state index contributed by atoms with van der Waals surface area (Å²) in [7, 11) is 0. The topological polar surface area (TPSA) is 91.4 Å². The molecule has 154 valence electrons. The molecule has 31 heavy (non-hydrogen) atoms. The van der Waals surface area contributed by atoms with Gasteiger partial charge in [-0.25, -0.2) is 9.18 Å². The molecule has 5 rings (SSSR count). The molecule has 4 amide bonds. The van der Waals surface area contributed by atoms with Crippen molar-refractivity contribution in [2.24, 2.45) is 0 Å². The zero-order chi connectivity index (χ0) is 21.6. The first-order valence-corrected chi connectivity index (χ1v) is 9.68. The number of carbonyl (C=O) groups excluding carboxylic acids is 3. The standard InChI is InChI=1S/C23H17FN4O3/c24-18-6-3-16-12-28(20(29)19(16)11-18)13-23(21(30)26-22(31)27-23)17-4-1-14(2-5-17)15-7-9-25-10-8-15/h1-11H,12-13H2,(H2,26,27,30,31). The second-order valence-electron chi connectivity index (χ2n) is 7.59. The van der Waals surface area contributed by atoms with Crippen LogP contribution in [0.1, 0.15) is 21.5 Å². The Balaban J connectivity index is 1.49. The minimum absolute atomic E-state index is 0.0751. The molecule has 1 fully saturated rings. The van der Waals surface area contributed by atoms with E-state index in [-0.39, 0.29) is 24.6 Å². The predicted octanol–water partition coefficient (Wildman–Crippen LogP) is 2.58. The number of halogens is 1. The van der Waals surface area contributed by atoms with Crippen molar-refractivity contribution in [3.63, 3.8) is 0 Å². The molecule has 0 saturated carbocycles. The number of pyridine rings is 1. The summed E-state index contributed by atoms with van der Waals surface area (Å²) >= 11 is 0. The van der Waals surface area contributed by atoms with Crippen LogP contribution in [-0.2, 0) is 16.9 Å². The Morgan fingerprint density at radius 2 is 1.68 bits per heavy atom. The average molecular weight is 416 g/mol. The third kappa shape index (κ3) is 3.13. The molecular formula is C23H17FN4O3. The summed E-state index contributed by atoms with van der Waals surface area (Å²) < 4.78 is 13.6. The maximum atomic E-state index is 13.6. The van der Waals surface area contributed by atoms with E-state index in [4.69, 9.17) is 0 Å². The van der Waals surface area contributed by atoms with E-state index in [9.17, 15) is 18.8 Å². The van der Waals surface area contributed by atoms with E-state index in [1.165, 1.54) is 17.0 Å². The molecule has 0 radical (unpaired) electrons. The number of imide groups is 1. The Morgan fingerprint density at radius 3 is 2.35 bits per heavy atom. The van der Waals surface area contributed by atoms with Crippen LogP contribution in [-0.4, -0.2) is 34.3 Å². The van der Waals surface area contributed by atoms with Crippen molar-refractivity contribution >= 4 is 17.8 Å². The lowest BCUT2D eigenvalue weighted by atomic mass is 9.88. The Morgan fingerprint density at radius 1 is 0.968 bits per heavy atom. The number of urea groups is 1. The van der Waals surface area contributed by atoms with Crippen molar-refractivity contribution in [2.75, 3.05) is 6.54 Å². The second kappa shape index (κ2) is 7.02. The van der Waals surface area contributed by atoms with Crippen LogP contribution in [0.3, 0.4) is 0 Å². The molecule has 3 aromatic rings. The predicted molar refractivity (Wildman–Crippen MR) is 109 cm³/mol. The Hall–Kier alpha value is -4.07. The number of aromatic nitrogens is 1. The number of nitrogens with one attached hydrogen (secondary N) is 2. The van der Waals surface area contributed by atoms with Crippen molar-refractivity contribution in [3.8, 4) is 11.1 Å². The largest absolute Gasteiger partial charge is 0.331 e. The summed E-state index contributed by atoms with van der Waals surface area (Å²) in [5, 5.41) is 4.98. The fraction of sp³-hybridized carbons (Fsp3) is 0.130. The van der Waals surface area contributed by atoms with E-state index in [1.54, 1.807) is 30.6 Å². The van der Waals surface area contributed by atoms with Gasteiger partial charge in [-0.2, -0.15) is 0 Å². The van der Waals surface area contributed by atoms with Crippen molar-refractivity contribution in [1.29, 1.82) is 0 Å². The highest BCUT2D eigenvalue weighted by Gasteiger charge is 2.50. The van der Waals surface area contributed by atoms with E-state index in [0.717, 1.165) is 11.1 Å². The number of fused-ring (bicyclic) bond motifs is 1. The zero-order valence-corrected chi connectivity index (χ0v) is 16.3. The molecular weight excluding hydrogens is 399 g/mol. The molecule has 2 aliphatic heterocycles. The van der Waals surface area contributed by atoms with Gasteiger partial charge in [-0.15, -0.1) is 0 Å². The first-order valence-electron chi connectivity index (χ1n) is 9.68. The van der Waals surface area contributed by atoms with Gasteiger partial charge in [0.05, 0.1) is 6.54 Å². The highest BCUT2D eigenvalue weighted by molar-refractivity contribution is 6.08. The van der Waals surface area contributed by atoms with Crippen LogP contribution >= 0.6 is 0 Å². The minimum Gasteiger partial charge on any atom is -0.331 e. The van der Waals surface area contributed by atoms with Crippen LogP contribution in [0.25, 0.3) is 11.1 Å². The van der Waals surface area contributed by atoms with Gasteiger partial charge in [-0.05, 0) is 46.5 Å². The lowest BCUT2D eigenvalue weighted by molar-refractivity contribution is -0.124. The Bertz CT molecular complexity index is 1210. The van der Waals surface area contributed by atoms with Crippen molar-refractivity contribution < 1.29 is 18.8 Å². The summed E-state index contributed by atoms with van der Waals surface area (Å²) in [6.07, 6.45) is 3.38. The summed E-state index contributed by atoms with van der Waals surface area (Å²) in [5.41, 5.74) is 1.94. The highest BCUT2D eigenvalue weighted by Crippen LogP contribution is 2.32. The number of hydrogen-bond donors (Lipinski definition) is 2. The first-order chi connectivity index (χ1) is 15.0. The van der Waals surface area contributed by atoms with Gasteiger partial charge in [-0.3, -0.25) is 19.9 Å². The fourth-order valence-electron chi connectivity index (χ4n) is 4.14. The fourth-order valence-corrected chi connectivity index (χ4v) is 4.14. The maximum absolute atomic E-state index is 13.6. The van der Waals surface area contributed by atoms with Crippen LogP contribution in [0, 0.1) is 5.82 Å². The number of hydrogen-bond acceptors (Lipinski definition) is 4. The van der Waals surface area contributed by atoms with Crippen molar-refractivity contribution in [3.05, 3.63) is 89.5 Å². The SMILES string of the molecule is O=C1NC(=O)C(CN2Cc3ccc(F)cc3C2=O)(c2ccc(-c3ccncc3)cc2)N1. The normalized spacial score (nSPS) is 19.9. The van der Waals surface area contributed by atoms with E-state index >= 15 is 0 Å². The summed E-state index contributed by atoms with van der Waals surface area (Å²) in [5.74, 6) is -1.41. The third-order valence-corrected chi connectivity index (χ3v) is 5.71. The molecule has 1 atom stereocenters. The molecule has 1 aromatic heterocycles. The molecule has 2 aliphatic rings. The summed E-state index contributed by atoms with van der Waals surface area (Å²) in [6, 6.07) is 14.4. The van der Waals surface area contributed by atoms with Gasteiger partial charge >= 0.3 is 6.03 Å². The number of carbonyl (C=O) groups is 3. The number of amides is 4. The molecule has 1 saturated heterocycles. The van der Waals surface area contributed by atoms with E-state index < -0.39 is 23.3 Å². The number of rotatable bonds is 4. The van der Waals surface area contributed by atoms with Crippen LogP contribution in [0.15, 0.2) is 67.0 Å².